The van der Waals surface area contributed by atoms with Crippen LogP contribution >= 0.6 is 11.3 Å². The highest BCUT2D eigenvalue weighted by atomic mass is 32.2. The lowest BCUT2D eigenvalue weighted by Crippen LogP contribution is -2.31. The number of hydrogen-bond donors (Lipinski definition) is 1. The van der Waals surface area contributed by atoms with Gasteiger partial charge in [0.2, 0.25) is 0 Å². The van der Waals surface area contributed by atoms with E-state index in [0.29, 0.717) is 34.1 Å². The highest BCUT2D eigenvalue weighted by Gasteiger charge is 2.27. The average molecular weight is 604 g/mol. The maximum absolute atomic E-state index is 14.1. The van der Waals surface area contributed by atoms with Crippen LogP contribution in [-0.4, -0.2) is 23.9 Å². The van der Waals surface area contributed by atoms with Gasteiger partial charge in [-0.1, -0.05) is 48.5 Å². The van der Waals surface area contributed by atoms with Crippen molar-refractivity contribution in [3.63, 3.8) is 0 Å². The van der Waals surface area contributed by atoms with Gasteiger partial charge in [-0.3, -0.25) is 9.10 Å². The molecule has 0 aliphatic carbocycles. The summed E-state index contributed by atoms with van der Waals surface area (Å²) < 4.78 is 32.2. The molecule has 2 heterocycles. The minimum Gasteiger partial charge on any atom is -0.328 e. The molecule has 0 spiro atoms. The van der Waals surface area contributed by atoms with Gasteiger partial charge >= 0.3 is 0 Å². The number of imidazole rings is 1. The van der Waals surface area contributed by atoms with Crippen molar-refractivity contribution in [2.75, 3.05) is 9.62 Å². The number of carbonyl (C=O) groups is 1. The minimum absolute atomic E-state index is 0.0322. The van der Waals surface area contributed by atoms with Crippen LogP contribution in [0.2, 0.25) is 0 Å². The molecule has 1 N–H and O–H groups in total. The van der Waals surface area contributed by atoms with Gasteiger partial charge in [0, 0.05) is 23.1 Å². The first-order valence-electron chi connectivity index (χ1n) is 13.4. The van der Waals surface area contributed by atoms with E-state index in [4.69, 9.17) is 5.26 Å². The monoisotopic (exact) mass is 603 g/mol. The SMILES string of the molecule is N#Cc1ccc(Cn2cncc2CN(c2ccc3sc(C(=O)Nc4ccccc4)cc3c2)S(=O)(=O)c2ccccc2)cc1. The van der Waals surface area contributed by atoms with Crippen LogP contribution in [0.5, 0.6) is 0 Å². The molecular formula is C33H25N5O3S2. The molecule has 0 unspecified atom stereocenters. The maximum atomic E-state index is 14.1. The zero-order valence-electron chi connectivity index (χ0n) is 22.8. The van der Waals surface area contributed by atoms with Gasteiger partial charge in [-0.15, -0.1) is 11.3 Å². The lowest BCUT2D eigenvalue weighted by atomic mass is 10.1. The Morgan fingerprint density at radius 2 is 1.65 bits per heavy atom. The van der Waals surface area contributed by atoms with Crippen LogP contribution in [-0.2, 0) is 23.1 Å². The predicted molar refractivity (Wildman–Crippen MR) is 169 cm³/mol. The number of sulfonamides is 1. The van der Waals surface area contributed by atoms with Crippen LogP contribution in [0.4, 0.5) is 11.4 Å². The molecule has 8 nitrogen and oxygen atoms in total. The summed E-state index contributed by atoms with van der Waals surface area (Å²) >= 11 is 1.35. The van der Waals surface area contributed by atoms with Gasteiger partial charge in [-0.25, -0.2) is 13.4 Å². The van der Waals surface area contributed by atoms with Gasteiger partial charge in [0.25, 0.3) is 15.9 Å². The molecule has 1 amide bonds. The van der Waals surface area contributed by atoms with Crippen LogP contribution in [0.25, 0.3) is 10.1 Å². The highest BCUT2D eigenvalue weighted by molar-refractivity contribution is 7.92. The number of aromatic nitrogens is 2. The van der Waals surface area contributed by atoms with Gasteiger partial charge < -0.3 is 9.88 Å². The second-order valence-corrected chi connectivity index (χ2v) is 12.7. The summed E-state index contributed by atoms with van der Waals surface area (Å²) in [6.45, 7) is 0.494. The fraction of sp³-hybridized carbons (Fsp3) is 0.0606. The zero-order valence-corrected chi connectivity index (χ0v) is 24.4. The van der Waals surface area contributed by atoms with Gasteiger partial charge in [0.1, 0.15) is 0 Å². The number of hydrogen-bond acceptors (Lipinski definition) is 6. The van der Waals surface area contributed by atoms with Gasteiger partial charge in [-0.05, 0) is 71.6 Å². The number of nitrogens with one attached hydrogen (secondary N) is 1. The molecule has 10 heteroatoms. The van der Waals surface area contributed by atoms with Crippen molar-refractivity contribution in [1.29, 1.82) is 5.26 Å². The number of nitriles is 1. The molecule has 2 aromatic heterocycles. The molecule has 43 heavy (non-hydrogen) atoms. The Hall–Kier alpha value is -5.24. The maximum Gasteiger partial charge on any atom is 0.265 e. The Morgan fingerprint density at radius 1 is 0.930 bits per heavy atom. The van der Waals surface area contributed by atoms with E-state index in [-0.39, 0.29) is 17.3 Å². The van der Waals surface area contributed by atoms with E-state index >= 15 is 0 Å². The topological polar surface area (TPSA) is 108 Å². The average Bonchev–Trinajstić information content (AvgIpc) is 3.67. The lowest BCUT2D eigenvalue weighted by molar-refractivity contribution is 0.103. The Labute approximate surface area is 253 Å². The first kappa shape index (κ1) is 27.9. The fourth-order valence-corrected chi connectivity index (χ4v) is 7.08. The van der Waals surface area contributed by atoms with Crippen molar-refractivity contribution >= 4 is 48.7 Å². The molecule has 4 aromatic carbocycles. The van der Waals surface area contributed by atoms with E-state index in [1.54, 1.807) is 73.2 Å². The van der Waals surface area contributed by atoms with E-state index in [9.17, 15) is 13.2 Å². The van der Waals surface area contributed by atoms with Crippen LogP contribution in [0.15, 0.2) is 127 Å². The van der Waals surface area contributed by atoms with E-state index < -0.39 is 10.0 Å². The number of para-hydroxylation sites is 1. The molecule has 0 fully saturated rings. The summed E-state index contributed by atoms with van der Waals surface area (Å²) in [5.41, 5.74) is 3.38. The van der Waals surface area contributed by atoms with E-state index in [2.05, 4.69) is 16.4 Å². The number of anilines is 2. The van der Waals surface area contributed by atoms with Gasteiger partial charge in [-0.2, -0.15) is 5.26 Å². The summed E-state index contributed by atoms with van der Waals surface area (Å²) in [6, 6.07) is 34.1. The third-order valence-corrected chi connectivity index (χ3v) is 9.82. The van der Waals surface area contributed by atoms with Crippen LogP contribution in [0, 0.1) is 11.3 Å². The van der Waals surface area contributed by atoms with Crippen molar-refractivity contribution in [1.82, 2.24) is 9.55 Å². The number of carbonyl (C=O) groups excluding carboxylic acids is 1. The zero-order chi connectivity index (χ0) is 29.8. The lowest BCUT2D eigenvalue weighted by Gasteiger charge is -2.25. The number of amides is 1. The Morgan fingerprint density at radius 3 is 2.37 bits per heavy atom. The third kappa shape index (κ3) is 6.04. The van der Waals surface area contributed by atoms with Crippen molar-refractivity contribution in [3.05, 3.63) is 143 Å². The summed E-state index contributed by atoms with van der Waals surface area (Å²) in [5.74, 6) is -0.227. The second-order valence-electron chi connectivity index (χ2n) is 9.80. The number of nitrogens with zero attached hydrogens (tertiary/aromatic N) is 4. The first-order valence-corrected chi connectivity index (χ1v) is 15.6. The fourth-order valence-electron chi connectivity index (χ4n) is 4.70. The smallest absolute Gasteiger partial charge is 0.265 e. The van der Waals surface area contributed by atoms with Gasteiger partial charge in [0.15, 0.2) is 0 Å². The number of fused-ring (bicyclic) bond motifs is 1. The van der Waals surface area contributed by atoms with Crippen LogP contribution < -0.4 is 9.62 Å². The van der Waals surface area contributed by atoms with Crippen molar-refractivity contribution in [2.24, 2.45) is 0 Å². The highest BCUT2D eigenvalue weighted by Crippen LogP contribution is 2.33. The Kier molecular flexibility index (Phi) is 7.75. The summed E-state index contributed by atoms with van der Waals surface area (Å²) in [4.78, 5) is 17.9. The summed E-state index contributed by atoms with van der Waals surface area (Å²) in [5, 5.41) is 12.8. The predicted octanol–water partition coefficient (Wildman–Crippen LogP) is 6.67. The third-order valence-electron chi connectivity index (χ3n) is 6.91. The molecule has 0 bridgehead atoms. The molecule has 0 radical (unpaired) electrons. The standard InChI is InChI=1S/C33H25N5O3S2/c34-19-24-11-13-25(14-12-24)21-37-23-35-20-29(37)22-38(43(40,41)30-9-5-2-6-10-30)28-15-16-31-26(17-28)18-32(42-31)33(39)36-27-7-3-1-4-8-27/h1-18,20,23H,21-22H2,(H,36,39). The molecule has 0 aliphatic heterocycles. The van der Waals surface area contributed by atoms with Crippen LogP contribution in [0.3, 0.4) is 0 Å². The Bertz CT molecular complexity index is 2050. The molecule has 0 aliphatic rings. The number of benzene rings is 4. The normalized spacial score (nSPS) is 11.2. The quantitative estimate of drug-likeness (QED) is 0.199. The second kappa shape index (κ2) is 11.9. The van der Waals surface area contributed by atoms with Crippen molar-refractivity contribution in [2.45, 2.75) is 18.0 Å². The molecule has 212 valence electrons. The van der Waals surface area contributed by atoms with Crippen molar-refractivity contribution in [3.8, 4) is 6.07 Å². The van der Waals surface area contributed by atoms with E-state index in [1.807, 2.05) is 53.1 Å². The summed E-state index contributed by atoms with van der Waals surface area (Å²) in [7, 11) is -3.97. The first-order chi connectivity index (χ1) is 20.9. The van der Waals surface area contributed by atoms with E-state index in [1.165, 1.54) is 15.6 Å². The molecule has 0 saturated carbocycles. The molecular weight excluding hydrogens is 579 g/mol. The van der Waals surface area contributed by atoms with Gasteiger partial charge in [0.05, 0.1) is 45.7 Å². The van der Waals surface area contributed by atoms with Crippen LogP contribution in [0.1, 0.15) is 26.5 Å². The molecule has 6 rings (SSSR count). The summed E-state index contributed by atoms with van der Waals surface area (Å²) in [6.07, 6.45) is 3.33. The molecule has 0 atom stereocenters. The minimum atomic E-state index is -3.97. The number of rotatable bonds is 9. The molecule has 0 saturated heterocycles. The Balaban J connectivity index is 1.34. The molecule has 6 aromatic rings. The largest absolute Gasteiger partial charge is 0.328 e. The van der Waals surface area contributed by atoms with Crippen molar-refractivity contribution < 1.29 is 13.2 Å². The number of thiophene rings is 1. The van der Waals surface area contributed by atoms with E-state index in [0.717, 1.165) is 15.6 Å².